The molecule has 0 atom stereocenters. The third-order valence-corrected chi connectivity index (χ3v) is 5.00. The first kappa shape index (κ1) is 13.3. The minimum absolute atomic E-state index is 0.221. The number of hydrogen-bond acceptors (Lipinski definition) is 2. The van der Waals surface area contributed by atoms with E-state index in [1.54, 1.807) is 0 Å². The van der Waals surface area contributed by atoms with E-state index in [1.165, 1.54) is 50.7 Å². The van der Waals surface area contributed by atoms with E-state index in [-0.39, 0.29) is 11.4 Å². The van der Waals surface area contributed by atoms with Crippen LogP contribution in [0.2, 0.25) is 0 Å². The molecule has 4 heteroatoms. The zero-order valence-electron chi connectivity index (χ0n) is 12.3. The predicted octanol–water partition coefficient (Wildman–Crippen LogP) is 4.02. The number of aromatic nitrogens is 2. The van der Waals surface area contributed by atoms with E-state index >= 15 is 0 Å². The second-order valence-electron chi connectivity index (χ2n) is 6.74. The van der Waals surface area contributed by atoms with Crippen molar-refractivity contribution in [2.24, 2.45) is 5.73 Å². The van der Waals surface area contributed by atoms with Crippen LogP contribution in [0.1, 0.15) is 63.2 Å². The maximum absolute atomic E-state index is 13.5. The van der Waals surface area contributed by atoms with Crippen LogP contribution >= 0.6 is 0 Å². The molecule has 21 heavy (non-hydrogen) atoms. The van der Waals surface area contributed by atoms with Gasteiger partial charge in [0, 0.05) is 12.1 Å². The number of halogens is 1. The first-order chi connectivity index (χ1) is 10.2. The van der Waals surface area contributed by atoms with Crippen LogP contribution in [0.25, 0.3) is 11.0 Å². The summed E-state index contributed by atoms with van der Waals surface area (Å²) in [6, 6.07) is 5.44. The Balaban J connectivity index is 1.88. The highest BCUT2D eigenvalue weighted by molar-refractivity contribution is 5.76. The fraction of sp³-hybridized carbons (Fsp3) is 0.588. The number of benzene rings is 1. The van der Waals surface area contributed by atoms with E-state index < -0.39 is 0 Å². The van der Waals surface area contributed by atoms with Gasteiger partial charge in [-0.1, -0.05) is 25.7 Å². The first-order valence-electron chi connectivity index (χ1n) is 8.14. The summed E-state index contributed by atoms with van der Waals surface area (Å²) < 4.78 is 15.8. The highest BCUT2D eigenvalue weighted by Gasteiger charge is 2.38. The van der Waals surface area contributed by atoms with Crippen LogP contribution in [-0.4, -0.2) is 9.55 Å². The average molecular weight is 287 g/mol. The molecule has 2 saturated carbocycles. The molecule has 3 nitrogen and oxygen atoms in total. The summed E-state index contributed by atoms with van der Waals surface area (Å²) in [4.78, 5) is 4.77. The van der Waals surface area contributed by atoms with Crippen molar-refractivity contribution >= 4 is 11.0 Å². The monoisotopic (exact) mass is 287 g/mol. The molecule has 0 bridgehead atoms. The average Bonchev–Trinajstić information content (AvgIpc) is 3.25. The van der Waals surface area contributed by atoms with Crippen molar-refractivity contribution < 1.29 is 4.39 Å². The fourth-order valence-corrected chi connectivity index (χ4v) is 3.71. The summed E-state index contributed by atoms with van der Waals surface area (Å²) in [5, 5.41) is 0. The molecule has 0 amide bonds. The van der Waals surface area contributed by atoms with Crippen molar-refractivity contribution in [1.29, 1.82) is 0 Å². The van der Waals surface area contributed by atoms with Crippen LogP contribution in [0, 0.1) is 5.82 Å². The molecule has 2 aliphatic carbocycles. The summed E-state index contributed by atoms with van der Waals surface area (Å²) in [5.41, 5.74) is 8.23. The predicted molar refractivity (Wildman–Crippen MR) is 81.5 cm³/mol. The lowest BCUT2D eigenvalue weighted by Crippen LogP contribution is -2.39. The molecule has 0 saturated heterocycles. The Morgan fingerprint density at radius 3 is 2.52 bits per heavy atom. The summed E-state index contributed by atoms with van der Waals surface area (Å²) in [7, 11) is 0. The fourth-order valence-electron chi connectivity index (χ4n) is 3.71. The minimum Gasteiger partial charge on any atom is -0.323 e. The SMILES string of the molecule is NC1(c2nc3cc(F)ccc3n2C2CC2)CCCCCC1. The lowest BCUT2D eigenvalue weighted by molar-refractivity contribution is 0.349. The number of nitrogens with two attached hydrogens (primary N) is 1. The Hall–Kier alpha value is -1.42. The Morgan fingerprint density at radius 2 is 1.86 bits per heavy atom. The number of fused-ring (bicyclic) bond motifs is 1. The molecule has 2 fully saturated rings. The molecule has 1 aromatic carbocycles. The van der Waals surface area contributed by atoms with Crippen LogP contribution in [0.15, 0.2) is 18.2 Å². The summed E-state index contributed by atoms with van der Waals surface area (Å²) in [6.07, 6.45) is 9.21. The largest absolute Gasteiger partial charge is 0.323 e. The smallest absolute Gasteiger partial charge is 0.130 e. The molecular weight excluding hydrogens is 265 g/mol. The molecule has 112 valence electrons. The zero-order valence-corrected chi connectivity index (χ0v) is 12.3. The molecule has 1 heterocycles. The van der Waals surface area contributed by atoms with Gasteiger partial charge in [0.1, 0.15) is 11.6 Å². The standard InChI is InChI=1S/C17H22FN3/c18-12-5-8-15-14(11-12)20-16(21(15)13-6-7-13)17(19)9-3-1-2-4-10-17/h5,8,11,13H,1-4,6-7,9-10,19H2. The molecule has 0 spiro atoms. The van der Waals surface area contributed by atoms with E-state index in [0.717, 1.165) is 29.7 Å². The highest BCUT2D eigenvalue weighted by Crippen LogP contribution is 2.43. The number of rotatable bonds is 2. The van der Waals surface area contributed by atoms with Gasteiger partial charge in [0.15, 0.2) is 0 Å². The maximum atomic E-state index is 13.5. The molecule has 1 aromatic heterocycles. The molecule has 0 unspecified atom stereocenters. The summed E-state index contributed by atoms with van der Waals surface area (Å²) in [6.45, 7) is 0. The topological polar surface area (TPSA) is 43.8 Å². The van der Waals surface area contributed by atoms with Crippen molar-refractivity contribution in [1.82, 2.24) is 9.55 Å². The zero-order chi connectivity index (χ0) is 14.4. The van der Waals surface area contributed by atoms with Gasteiger partial charge in [-0.25, -0.2) is 9.37 Å². The normalized spacial score (nSPS) is 22.4. The van der Waals surface area contributed by atoms with Crippen molar-refractivity contribution in [3.8, 4) is 0 Å². The van der Waals surface area contributed by atoms with Crippen LogP contribution in [0.5, 0.6) is 0 Å². The first-order valence-corrected chi connectivity index (χ1v) is 8.14. The Morgan fingerprint density at radius 1 is 1.14 bits per heavy atom. The van der Waals surface area contributed by atoms with Gasteiger partial charge in [-0.05, 0) is 37.8 Å². The van der Waals surface area contributed by atoms with Crippen molar-refractivity contribution in [3.05, 3.63) is 29.8 Å². The number of imidazole rings is 1. The Kier molecular flexibility index (Phi) is 3.03. The minimum atomic E-state index is -0.339. The molecule has 0 aliphatic heterocycles. The molecule has 2 aromatic rings. The van der Waals surface area contributed by atoms with E-state index in [1.807, 2.05) is 6.07 Å². The van der Waals surface area contributed by atoms with E-state index in [9.17, 15) is 4.39 Å². The number of hydrogen-bond donors (Lipinski definition) is 1. The second-order valence-corrected chi connectivity index (χ2v) is 6.74. The molecule has 2 aliphatic rings. The second kappa shape index (κ2) is 4.80. The van der Waals surface area contributed by atoms with Crippen molar-refractivity contribution in [2.75, 3.05) is 0 Å². The van der Waals surface area contributed by atoms with Gasteiger partial charge < -0.3 is 10.3 Å². The van der Waals surface area contributed by atoms with Gasteiger partial charge in [-0.15, -0.1) is 0 Å². The van der Waals surface area contributed by atoms with Gasteiger partial charge in [0.25, 0.3) is 0 Å². The van der Waals surface area contributed by atoms with Crippen molar-refractivity contribution in [3.63, 3.8) is 0 Å². The number of nitrogens with zero attached hydrogens (tertiary/aromatic N) is 2. The third-order valence-electron chi connectivity index (χ3n) is 5.00. The van der Waals surface area contributed by atoms with Gasteiger partial charge in [-0.3, -0.25) is 0 Å². The maximum Gasteiger partial charge on any atom is 0.130 e. The van der Waals surface area contributed by atoms with Gasteiger partial charge in [0.05, 0.1) is 16.6 Å². The molecule has 0 radical (unpaired) electrons. The van der Waals surface area contributed by atoms with Crippen molar-refractivity contribution in [2.45, 2.75) is 62.9 Å². The van der Waals surface area contributed by atoms with E-state index in [4.69, 9.17) is 10.7 Å². The van der Waals surface area contributed by atoms with Crippen LogP contribution in [0.4, 0.5) is 4.39 Å². The van der Waals surface area contributed by atoms with Crippen LogP contribution < -0.4 is 5.73 Å². The molecular formula is C17H22FN3. The lowest BCUT2D eigenvalue weighted by Gasteiger charge is -2.28. The third kappa shape index (κ3) is 2.26. The Bertz CT molecular complexity index is 664. The quantitative estimate of drug-likeness (QED) is 0.848. The molecule has 2 N–H and O–H groups in total. The van der Waals surface area contributed by atoms with Gasteiger partial charge in [-0.2, -0.15) is 0 Å². The highest BCUT2D eigenvalue weighted by atomic mass is 19.1. The summed E-state index contributed by atoms with van der Waals surface area (Å²) in [5.74, 6) is 0.772. The van der Waals surface area contributed by atoms with E-state index in [0.29, 0.717) is 6.04 Å². The van der Waals surface area contributed by atoms with Gasteiger partial charge >= 0.3 is 0 Å². The summed E-state index contributed by atoms with van der Waals surface area (Å²) >= 11 is 0. The Labute approximate surface area is 124 Å². The van der Waals surface area contributed by atoms with Crippen LogP contribution in [0.3, 0.4) is 0 Å². The van der Waals surface area contributed by atoms with Gasteiger partial charge in [0.2, 0.25) is 0 Å². The van der Waals surface area contributed by atoms with E-state index in [2.05, 4.69) is 4.57 Å². The van der Waals surface area contributed by atoms with Crippen LogP contribution in [-0.2, 0) is 5.54 Å². The molecule has 4 rings (SSSR count). The lowest BCUT2D eigenvalue weighted by atomic mass is 9.90.